The van der Waals surface area contributed by atoms with E-state index >= 15 is 0 Å². The monoisotopic (exact) mass is 240 g/mol. The van der Waals surface area contributed by atoms with E-state index < -0.39 is 0 Å². The van der Waals surface area contributed by atoms with Gasteiger partial charge in [0.05, 0.1) is 0 Å². The smallest absolute Gasteiger partial charge is 0.127 e. The van der Waals surface area contributed by atoms with E-state index in [4.69, 9.17) is 4.74 Å². The molecule has 0 atom stereocenters. The molecule has 2 rings (SSSR count). The summed E-state index contributed by atoms with van der Waals surface area (Å²) in [6.07, 6.45) is 3.64. The van der Waals surface area contributed by atoms with Crippen LogP contribution in [0, 0.1) is 6.92 Å². The van der Waals surface area contributed by atoms with Crippen LogP contribution in [-0.2, 0) is 6.42 Å². The maximum Gasteiger partial charge on any atom is 0.127 e. The summed E-state index contributed by atoms with van der Waals surface area (Å²) in [4.78, 5) is 0. The first-order valence-corrected chi connectivity index (χ1v) is 6.61. The Labute approximate surface area is 109 Å². The Balaban J connectivity index is 2.02. The molecule has 2 aromatic rings. The predicted molar refractivity (Wildman–Crippen MR) is 76.3 cm³/mol. The third-order valence-electron chi connectivity index (χ3n) is 2.97. The topological polar surface area (TPSA) is 9.23 Å². The van der Waals surface area contributed by atoms with Crippen LogP contribution in [-0.4, -0.2) is 0 Å². The highest BCUT2D eigenvalue weighted by molar-refractivity contribution is 5.34. The Bertz CT molecular complexity index is 485. The summed E-state index contributed by atoms with van der Waals surface area (Å²) < 4.78 is 5.82. The molecule has 0 saturated carbocycles. The minimum atomic E-state index is 0.899. The predicted octanol–water partition coefficient (Wildman–Crippen LogP) is 5.13. The molecule has 1 nitrogen and oxygen atoms in total. The van der Waals surface area contributed by atoms with Crippen LogP contribution in [0.5, 0.6) is 11.5 Å². The van der Waals surface area contributed by atoms with Gasteiger partial charge in [-0.3, -0.25) is 0 Å². The molecule has 0 radical (unpaired) electrons. The number of benzene rings is 2. The quantitative estimate of drug-likeness (QED) is 0.704. The summed E-state index contributed by atoms with van der Waals surface area (Å²) in [6.45, 7) is 4.29. The zero-order valence-electron chi connectivity index (χ0n) is 11.1. The summed E-state index contributed by atoms with van der Waals surface area (Å²) >= 11 is 0. The van der Waals surface area contributed by atoms with Crippen LogP contribution in [0.25, 0.3) is 0 Å². The summed E-state index contributed by atoms with van der Waals surface area (Å²) in [7, 11) is 0. The Morgan fingerprint density at radius 2 is 1.72 bits per heavy atom. The van der Waals surface area contributed by atoms with Gasteiger partial charge in [0.15, 0.2) is 0 Å². The summed E-state index contributed by atoms with van der Waals surface area (Å²) in [5.41, 5.74) is 2.60. The normalized spacial score (nSPS) is 10.3. The SMILES string of the molecule is CCCCc1ccc(Oc2cccc(C)c2)cc1. The van der Waals surface area contributed by atoms with E-state index in [-0.39, 0.29) is 0 Å². The summed E-state index contributed by atoms with van der Waals surface area (Å²) in [5, 5.41) is 0. The fourth-order valence-electron chi connectivity index (χ4n) is 1.92. The maximum absolute atomic E-state index is 5.82. The van der Waals surface area contributed by atoms with Gasteiger partial charge in [0.2, 0.25) is 0 Å². The zero-order chi connectivity index (χ0) is 12.8. The van der Waals surface area contributed by atoms with Crippen molar-refractivity contribution in [3.8, 4) is 11.5 Å². The van der Waals surface area contributed by atoms with Gasteiger partial charge in [-0.2, -0.15) is 0 Å². The van der Waals surface area contributed by atoms with E-state index in [0.29, 0.717) is 0 Å². The number of ether oxygens (including phenoxy) is 1. The van der Waals surface area contributed by atoms with Crippen molar-refractivity contribution in [2.45, 2.75) is 33.1 Å². The second-order valence-corrected chi connectivity index (χ2v) is 4.67. The van der Waals surface area contributed by atoms with Crippen molar-refractivity contribution in [3.63, 3.8) is 0 Å². The van der Waals surface area contributed by atoms with E-state index in [1.807, 2.05) is 30.3 Å². The van der Waals surface area contributed by atoms with E-state index in [1.54, 1.807) is 0 Å². The lowest BCUT2D eigenvalue weighted by Crippen LogP contribution is -1.87. The van der Waals surface area contributed by atoms with Crippen LogP contribution < -0.4 is 4.74 Å². The molecule has 2 aromatic carbocycles. The van der Waals surface area contributed by atoms with E-state index in [2.05, 4.69) is 32.0 Å². The van der Waals surface area contributed by atoms with Crippen LogP contribution in [0.15, 0.2) is 48.5 Å². The van der Waals surface area contributed by atoms with Gasteiger partial charge < -0.3 is 4.74 Å². The van der Waals surface area contributed by atoms with Crippen LogP contribution in [0.1, 0.15) is 30.9 Å². The number of rotatable bonds is 5. The highest BCUT2D eigenvalue weighted by Gasteiger charge is 1.98. The molecular formula is C17H20O. The van der Waals surface area contributed by atoms with E-state index in [9.17, 15) is 0 Å². The van der Waals surface area contributed by atoms with E-state index in [0.717, 1.165) is 17.9 Å². The van der Waals surface area contributed by atoms with Crippen molar-refractivity contribution < 1.29 is 4.74 Å². The van der Waals surface area contributed by atoms with Crippen LogP contribution in [0.4, 0.5) is 0 Å². The lowest BCUT2D eigenvalue weighted by atomic mass is 10.1. The Kier molecular flexibility index (Phi) is 4.40. The van der Waals surface area contributed by atoms with Crippen molar-refractivity contribution >= 4 is 0 Å². The van der Waals surface area contributed by atoms with Crippen molar-refractivity contribution in [1.29, 1.82) is 0 Å². The van der Waals surface area contributed by atoms with Crippen molar-refractivity contribution in [2.24, 2.45) is 0 Å². The van der Waals surface area contributed by atoms with Crippen LogP contribution >= 0.6 is 0 Å². The lowest BCUT2D eigenvalue weighted by molar-refractivity contribution is 0.482. The molecule has 0 fully saturated rings. The fraction of sp³-hybridized carbons (Fsp3) is 0.294. The van der Waals surface area contributed by atoms with Gasteiger partial charge in [-0.1, -0.05) is 37.6 Å². The van der Waals surface area contributed by atoms with Gasteiger partial charge in [-0.05, 0) is 55.2 Å². The largest absolute Gasteiger partial charge is 0.457 e. The molecule has 0 heterocycles. The molecule has 94 valence electrons. The van der Waals surface area contributed by atoms with Gasteiger partial charge >= 0.3 is 0 Å². The molecule has 0 spiro atoms. The Hall–Kier alpha value is -1.76. The highest BCUT2D eigenvalue weighted by Crippen LogP contribution is 2.22. The van der Waals surface area contributed by atoms with Gasteiger partial charge in [0.1, 0.15) is 11.5 Å². The van der Waals surface area contributed by atoms with Crippen molar-refractivity contribution in [2.75, 3.05) is 0 Å². The number of unbranched alkanes of at least 4 members (excludes halogenated alkanes) is 1. The molecule has 0 unspecified atom stereocenters. The average Bonchev–Trinajstić information content (AvgIpc) is 2.38. The number of aryl methyl sites for hydroxylation is 2. The number of hydrogen-bond acceptors (Lipinski definition) is 1. The molecule has 0 aromatic heterocycles. The molecule has 0 aliphatic heterocycles. The minimum Gasteiger partial charge on any atom is -0.457 e. The second kappa shape index (κ2) is 6.25. The van der Waals surface area contributed by atoms with Gasteiger partial charge in [-0.15, -0.1) is 0 Å². The average molecular weight is 240 g/mol. The molecule has 0 bridgehead atoms. The van der Waals surface area contributed by atoms with Gasteiger partial charge in [0, 0.05) is 0 Å². The lowest BCUT2D eigenvalue weighted by Gasteiger charge is -2.07. The Morgan fingerprint density at radius 1 is 0.944 bits per heavy atom. The molecule has 0 N–H and O–H groups in total. The first kappa shape index (κ1) is 12.7. The third-order valence-corrected chi connectivity index (χ3v) is 2.97. The van der Waals surface area contributed by atoms with Crippen molar-refractivity contribution in [1.82, 2.24) is 0 Å². The minimum absolute atomic E-state index is 0.899. The fourth-order valence-corrected chi connectivity index (χ4v) is 1.92. The summed E-state index contributed by atoms with van der Waals surface area (Å²) in [6, 6.07) is 16.5. The first-order chi connectivity index (χ1) is 8.78. The Morgan fingerprint density at radius 3 is 2.39 bits per heavy atom. The molecule has 0 saturated heterocycles. The van der Waals surface area contributed by atoms with Crippen LogP contribution in [0.3, 0.4) is 0 Å². The molecule has 0 aliphatic carbocycles. The number of hydrogen-bond donors (Lipinski definition) is 0. The molecule has 18 heavy (non-hydrogen) atoms. The molecule has 1 heteroatoms. The van der Waals surface area contributed by atoms with Crippen LogP contribution in [0.2, 0.25) is 0 Å². The second-order valence-electron chi connectivity index (χ2n) is 4.67. The highest BCUT2D eigenvalue weighted by atomic mass is 16.5. The van der Waals surface area contributed by atoms with Crippen molar-refractivity contribution in [3.05, 3.63) is 59.7 Å². The first-order valence-electron chi connectivity index (χ1n) is 6.61. The molecule has 0 amide bonds. The molecule has 0 aliphatic rings. The summed E-state index contributed by atoms with van der Waals surface area (Å²) in [5.74, 6) is 1.80. The van der Waals surface area contributed by atoms with Gasteiger partial charge in [-0.25, -0.2) is 0 Å². The standard InChI is InChI=1S/C17H20O/c1-3-4-7-15-9-11-16(12-10-15)18-17-8-5-6-14(2)13-17/h5-6,8-13H,3-4,7H2,1-2H3. The maximum atomic E-state index is 5.82. The van der Waals surface area contributed by atoms with Gasteiger partial charge in [0.25, 0.3) is 0 Å². The zero-order valence-corrected chi connectivity index (χ0v) is 11.1. The molecular weight excluding hydrogens is 220 g/mol. The third kappa shape index (κ3) is 3.63. The van der Waals surface area contributed by atoms with E-state index in [1.165, 1.54) is 24.0 Å².